The Hall–Kier alpha value is -2.55. The number of nitrogens with zero attached hydrogens (tertiary/aromatic N) is 3. The van der Waals surface area contributed by atoms with Gasteiger partial charge in [0, 0.05) is 36.5 Å². The van der Waals surface area contributed by atoms with Crippen molar-refractivity contribution < 1.29 is 17.6 Å². The third kappa shape index (κ3) is 3.98. The van der Waals surface area contributed by atoms with E-state index in [0.717, 1.165) is 0 Å². The number of aliphatic imine (C=N–C) groups is 2. The van der Waals surface area contributed by atoms with Crippen molar-refractivity contribution in [1.82, 2.24) is 9.62 Å². The lowest BCUT2D eigenvalue weighted by Gasteiger charge is -2.28. The van der Waals surface area contributed by atoms with Crippen molar-refractivity contribution in [2.24, 2.45) is 9.98 Å². The van der Waals surface area contributed by atoms with E-state index in [2.05, 4.69) is 15.3 Å². The molecule has 0 bridgehead atoms. The zero-order valence-electron chi connectivity index (χ0n) is 14.2. The lowest BCUT2D eigenvalue weighted by Crippen LogP contribution is -2.39. The Morgan fingerprint density at radius 3 is 2.77 bits per heavy atom. The standard InChI is InChI=1S/C17H19FN4O3S/c1-2-9-26(24,25)22-8-7-15-13(11-22)10-19-17(20-15)21-16(23)12-3-5-14(18)6-4-12/h3-6,10-11,17H,2,7-9H2,1H3,(H,21,23). The molecule has 3 rings (SSSR count). The summed E-state index contributed by atoms with van der Waals surface area (Å²) in [6.45, 7) is 2.13. The predicted molar refractivity (Wildman–Crippen MR) is 97.1 cm³/mol. The van der Waals surface area contributed by atoms with Gasteiger partial charge >= 0.3 is 0 Å². The highest BCUT2D eigenvalue weighted by Gasteiger charge is 2.26. The lowest BCUT2D eigenvalue weighted by molar-refractivity contribution is 0.0940. The van der Waals surface area contributed by atoms with Crippen molar-refractivity contribution in [3.8, 4) is 0 Å². The van der Waals surface area contributed by atoms with Gasteiger partial charge < -0.3 is 5.32 Å². The van der Waals surface area contributed by atoms with Crippen LogP contribution in [0, 0.1) is 5.82 Å². The summed E-state index contributed by atoms with van der Waals surface area (Å²) in [5, 5.41) is 2.64. The molecule has 0 saturated carbocycles. The van der Waals surface area contributed by atoms with Gasteiger partial charge in [0.15, 0.2) is 0 Å². The molecule has 1 aromatic rings. The van der Waals surface area contributed by atoms with E-state index < -0.39 is 28.0 Å². The van der Waals surface area contributed by atoms with Crippen LogP contribution in [0.25, 0.3) is 0 Å². The van der Waals surface area contributed by atoms with Gasteiger partial charge in [-0.3, -0.25) is 9.10 Å². The van der Waals surface area contributed by atoms with Crippen molar-refractivity contribution in [3.05, 3.63) is 47.4 Å². The largest absolute Gasteiger partial charge is 0.312 e. The van der Waals surface area contributed by atoms with Crippen LogP contribution in [0.1, 0.15) is 30.1 Å². The Kier molecular flexibility index (Phi) is 5.17. The number of nitrogens with one attached hydrogen (secondary N) is 1. The molecule has 0 saturated heterocycles. The number of fused-ring (bicyclic) bond motifs is 1. The molecule has 1 aromatic carbocycles. The summed E-state index contributed by atoms with van der Waals surface area (Å²) < 4.78 is 38.6. The number of sulfonamides is 1. The van der Waals surface area contributed by atoms with Gasteiger partial charge in [-0.15, -0.1) is 0 Å². The molecule has 7 nitrogen and oxygen atoms in total. The smallest absolute Gasteiger partial charge is 0.254 e. The fourth-order valence-electron chi connectivity index (χ4n) is 2.70. The van der Waals surface area contributed by atoms with Crippen LogP contribution < -0.4 is 5.32 Å². The molecular formula is C17H19FN4O3S. The number of allylic oxidation sites excluding steroid dienone is 1. The van der Waals surface area contributed by atoms with E-state index in [4.69, 9.17) is 0 Å². The van der Waals surface area contributed by atoms with Crippen molar-refractivity contribution >= 4 is 27.9 Å². The summed E-state index contributed by atoms with van der Waals surface area (Å²) in [7, 11) is -3.32. The van der Waals surface area contributed by atoms with Crippen LogP contribution in [0.5, 0.6) is 0 Å². The number of amides is 1. The van der Waals surface area contributed by atoms with Gasteiger partial charge in [0.25, 0.3) is 5.91 Å². The van der Waals surface area contributed by atoms with Gasteiger partial charge in [-0.1, -0.05) is 6.92 Å². The first kappa shape index (κ1) is 18.2. The number of benzene rings is 1. The summed E-state index contributed by atoms with van der Waals surface area (Å²) in [5.41, 5.74) is 1.64. The number of halogens is 1. The van der Waals surface area contributed by atoms with Gasteiger partial charge in [0.2, 0.25) is 16.3 Å². The SMILES string of the molecule is CCCS(=O)(=O)N1C=C2C=NC(NC(=O)c3ccc(F)cc3)N=C2CC1. The molecule has 26 heavy (non-hydrogen) atoms. The summed E-state index contributed by atoms with van der Waals surface area (Å²) in [6, 6.07) is 5.18. The van der Waals surface area contributed by atoms with Crippen molar-refractivity contribution in [2.45, 2.75) is 26.1 Å². The van der Waals surface area contributed by atoms with E-state index in [1.54, 1.807) is 0 Å². The summed E-state index contributed by atoms with van der Waals surface area (Å²) in [5.74, 6) is -0.736. The predicted octanol–water partition coefficient (Wildman–Crippen LogP) is 1.69. The summed E-state index contributed by atoms with van der Waals surface area (Å²) >= 11 is 0. The third-order valence-electron chi connectivity index (χ3n) is 4.00. The second-order valence-corrected chi connectivity index (χ2v) is 8.01. The minimum Gasteiger partial charge on any atom is -0.312 e. The molecule has 0 aliphatic carbocycles. The number of hydrogen-bond donors (Lipinski definition) is 1. The van der Waals surface area contributed by atoms with Gasteiger partial charge in [0.05, 0.1) is 11.5 Å². The Morgan fingerprint density at radius 1 is 1.35 bits per heavy atom. The van der Waals surface area contributed by atoms with E-state index >= 15 is 0 Å². The molecule has 1 atom stereocenters. The topological polar surface area (TPSA) is 91.2 Å². The Morgan fingerprint density at radius 2 is 2.08 bits per heavy atom. The minimum absolute atomic E-state index is 0.0940. The number of carbonyl (C=O) groups is 1. The van der Waals surface area contributed by atoms with E-state index in [1.165, 1.54) is 41.0 Å². The molecule has 2 aliphatic heterocycles. The molecule has 0 fully saturated rings. The van der Waals surface area contributed by atoms with E-state index in [1.807, 2.05) is 6.92 Å². The normalized spacial score (nSPS) is 19.5. The third-order valence-corrected chi connectivity index (χ3v) is 5.93. The molecule has 0 spiro atoms. The molecular weight excluding hydrogens is 359 g/mol. The zero-order valence-corrected chi connectivity index (χ0v) is 15.0. The first-order valence-electron chi connectivity index (χ1n) is 8.27. The molecule has 2 aliphatic rings. The van der Waals surface area contributed by atoms with Gasteiger partial charge in [-0.25, -0.2) is 22.8 Å². The number of carbonyl (C=O) groups excluding carboxylic acids is 1. The highest BCUT2D eigenvalue weighted by atomic mass is 32.2. The van der Waals surface area contributed by atoms with Crippen LogP contribution in [0.2, 0.25) is 0 Å². The Balaban J connectivity index is 1.70. The Labute approximate surface area is 151 Å². The fraction of sp³-hybridized carbons (Fsp3) is 0.353. The average Bonchev–Trinajstić information content (AvgIpc) is 2.61. The van der Waals surface area contributed by atoms with E-state index in [0.29, 0.717) is 36.2 Å². The van der Waals surface area contributed by atoms with Gasteiger partial charge in [-0.05, 0) is 30.7 Å². The quantitative estimate of drug-likeness (QED) is 0.845. The van der Waals surface area contributed by atoms with E-state index in [-0.39, 0.29) is 5.75 Å². The van der Waals surface area contributed by atoms with Crippen LogP contribution in [0.3, 0.4) is 0 Å². The average molecular weight is 378 g/mol. The molecule has 1 unspecified atom stereocenters. The van der Waals surface area contributed by atoms with Crippen LogP contribution in [0.15, 0.2) is 46.0 Å². The lowest BCUT2D eigenvalue weighted by atomic mass is 10.1. The first-order chi connectivity index (χ1) is 12.4. The summed E-state index contributed by atoms with van der Waals surface area (Å²) in [6.07, 6.45) is 3.28. The minimum atomic E-state index is -3.32. The second kappa shape index (κ2) is 7.36. The van der Waals surface area contributed by atoms with Crippen molar-refractivity contribution in [2.75, 3.05) is 12.3 Å². The zero-order chi connectivity index (χ0) is 18.7. The molecule has 138 valence electrons. The highest BCUT2D eigenvalue weighted by molar-refractivity contribution is 7.89. The van der Waals surface area contributed by atoms with Crippen LogP contribution in [-0.4, -0.2) is 49.1 Å². The number of rotatable bonds is 5. The van der Waals surface area contributed by atoms with E-state index in [9.17, 15) is 17.6 Å². The first-order valence-corrected chi connectivity index (χ1v) is 9.88. The second-order valence-electron chi connectivity index (χ2n) is 5.97. The molecule has 1 N–H and O–H groups in total. The molecule has 9 heteroatoms. The molecule has 0 radical (unpaired) electrons. The molecule has 0 aromatic heterocycles. The van der Waals surface area contributed by atoms with Crippen molar-refractivity contribution in [1.29, 1.82) is 0 Å². The maximum Gasteiger partial charge on any atom is 0.254 e. The maximum absolute atomic E-state index is 12.9. The molecule has 1 amide bonds. The molecule has 2 heterocycles. The van der Waals surface area contributed by atoms with Crippen LogP contribution in [0.4, 0.5) is 4.39 Å². The summed E-state index contributed by atoms with van der Waals surface area (Å²) in [4.78, 5) is 20.7. The maximum atomic E-state index is 12.9. The number of hydrogen-bond acceptors (Lipinski definition) is 5. The van der Waals surface area contributed by atoms with Crippen LogP contribution in [-0.2, 0) is 10.0 Å². The Bertz CT molecular complexity index is 891. The highest BCUT2D eigenvalue weighted by Crippen LogP contribution is 2.19. The fourth-order valence-corrected chi connectivity index (χ4v) is 4.09. The van der Waals surface area contributed by atoms with Crippen LogP contribution >= 0.6 is 0 Å². The van der Waals surface area contributed by atoms with Crippen molar-refractivity contribution in [3.63, 3.8) is 0 Å². The van der Waals surface area contributed by atoms with Gasteiger partial charge in [0.1, 0.15) is 5.82 Å². The van der Waals surface area contributed by atoms with Gasteiger partial charge in [-0.2, -0.15) is 0 Å². The monoisotopic (exact) mass is 378 g/mol.